The average molecular weight is 441 g/mol. The van der Waals surface area contributed by atoms with Crippen molar-refractivity contribution < 1.29 is 13.2 Å². The molecular formula is C26H27F3NP. The van der Waals surface area contributed by atoms with Gasteiger partial charge >= 0.3 is 181 Å². The Kier molecular flexibility index (Phi) is 5.17. The number of alkyl halides is 3. The van der Waals surface area contributed by atoms with Gasteiger partial charge in [-0.3, -0.25) is 0 Å². The molecule has 3 atom stereocenters. The van der Waals surface area contributed by atoms with Crippen LogP contribution in [0.25, 0.3) is 10.9 Å². The molecule has 0 spiro atoms. The third kappa shape index (κ3) is 3.59. The zero-order valence-electron chi connectivity index (χ0n) is 17.4. The molecule has 1 nitrogen and oxygen atoms in total. The fourth-order valence-corrected chi connectivity index (χ4v) is 13.5. The predicted octanol–water partition coefficient (Wildman–Crippen LogP) is 7.09. The quantitative estimate of drug-likeness (QED) is 0.304. The molecule has 5 heteroatoms. The van der Waals surface area contributed by atoms with Crippen LogP contribution in [0.15, 0.2) is 73.4 Å². The van der Waals surface area contributed by atoms with Crippen molar-refractivity contribution in [2.75, 3.05) is 6.16 Å². The Morgan fingerprint density at radius 2 is 1.84 bits per heavy atom. The molecule has 2 aliphatic rings. The summed E-state index contributed by atoms with van der Waals surface area (Å²) in [5, 5.41) is 1.22. The van der Waals surface area contributed by atoms with Gasteiger partial charge in [-0.2, -0.15) is 0 Å². The second kappa shape index (κ2) is 7.74. The van der Waals surface area contributed by atoms with E-state index in [1.165, 1.54) is 42.1 Å². The molecule has 162 valence electrons. The molecule has 0 aliphatic carbocycles. The van der Waals surface area contributed by atoms with Gasteiger partial charge in [0.25, 0.3) is 0 Å². The number of para-hydroxylation sites is 1. The zero-order chi connectivity index (χ0) is 21.6. The molecule has 2 fully saturated rings. The van der Waals surface area contributed by atoms with E-state index in [0.29, 0.717) is 17.2 Å². The summed E-state index contributed by atoms with van der Waals surface area (Å²) in [6, 6.07) is 16.3. The molecule has 2 aliphatic heterocycles. The summed E-state index contributed by atoms with van der Waals surface area (Å²) >= 11 is 0. The van der Waals surface area contributed by atoms with Crippen molar-refractivity contribution in [3.05, 3.63) is 90.1 Å². The Labute approximate surface area is 181 Å². The van der Waals surface area contributed by atoms with E-state index in [1.54, 1.807) is 12.1 Å². The Morgan fingerprint density at radius 3 is 2.58 bits per heavy atom. The summed E-state index contributed by atoms with van der Waals surface area (Å²) in [6.07, 6.45) is 5.51. The van der Waals surface area contributed by atoms with Gasteiger partial charge in [-0.1, -0.05) is 0 Å². The second-order valence-electron chi connectivity index (χ2n) is 9.29. The maximum atomic E-state index is 13.0. The van der Waals surface area contributed by atoms with Crippen LogP contribution >= 0.6 is 7.26 Å². The summed E-state index contributed by atoms with van der Waals surface area (Å²) in [5.41, 5.74) is 4.06. The summed E-state index contributed by atoms with van der Waals surface area (Å²) < 4.78 is 39.0. The van der Waals surface area contributed by atoms with Crippen LogP contribution < -0.4 is 0 Å². The van der Waals surface area contributed by atoms with Gasteiger partial charge in [-0.05, 0) is 0 Å². The van der Waals surface area contributed by atoms with E-state index >= 15 is 0 Å². The average Bonchev–Trinajstić information content (AvgIpc) is 3.24. The first-order chi connectivity index (χ1) is 14.9. The Balaban J connectivity index is 1.47. The number of hydrogen-bond acceptors (Lipinski definition) is 1. The first-order valence-electron chi connectivity index (χ1n) is 11.0. The first kappa shape index (κ1) is 20.7. The van der Waals surface area contributed by atoms with Gasteiger partial charge in [-0.25, -0.2) is 0 Å². The van der Waals surface area contributed by atoms with E-state index in [1.807, 2.05) is 12.3 Å². The monoisotopic (exact) mass is 441 g/mol. The normalized spacial score (nSPS) is 25.6. The van der Waals surface area contributed by atoms with Crippen LogP contribution in [-0.2, 0) is 18.8 Å². The summed E-state index contributed by atoms with van der Waals surface area (Å²) in [5.74, 6) is 0.691. The number of hydrogen-bond donors (Lipinski definition) is 0. The molecule has 0 amide bonds. The number of nitrogens with zero attached hydrogens (tertiary/aromatic N) is 1. The fourth-order valence-electron chi connectivity index (χ4n) is 6.47. The third-order valence-electron chi connectivity index (χ3n) is 7.83. The number of aromatic nitrogens is 1. The molecule has 31 heavy (non-hydrogen) atoms. The third-order valence-corrected chi connectivity index (χ3v) is 14.2. The SMILES string of the molecule is C=CC1C2CC[PH]1(Cc1ccc(C(F)(F)F)cc1)C(Cc1ccnc3ccccc13)C2. The first-order valence-corrected chi connectivity index (χ1v) is 13.6. The minimum absolute atomic E-state index is 0.563. The molecule has 2 bridgehead atoms. The Bertz CT molecular complexity index is 1100. The van der Waals surface area contributed by atoms with Crippen LogP contribution in [0.1, 0.15) is 29.5 Å². The van der Waals surface area contributed by atoms with Gasteiger partial charge in [0.1, 0.15) is 0 Å². The van der Waals surface area contributed by atoms with Gasteiger partial charge in [0.15, 0.2) is 0 Å². The molecule has 0 N–H and O–H groups in total. The number of fused-ring (bicyclic) bond motifs is 3. The molecule has 3 aromatic rings. The Morgan fingerprint density at radius 1 is 1.06 bits per heavy atom. The van der Waals surface area contributed by atoms with E-state index in [-0.39, 0.29) is 0 Å². The molecule has 2 saturated heterocycles. The van der Waals surface area contributed by atoms with Crippen molar-refractivity contribution in [1.29, 1.82) is 0 Å². The standard InChI is InChI=1S/C26H27F3NP/c1-2-25-20-12-14-31(25,17-18-7-9-21(10-8-18)26(27,28)29)22(16-20)15-19-11-13-30-24-6-4-3-5-23(19)24/h2-11,13,20,22,25,31H,1,12,14-17H2. The van der Waals surface area contributed by atoms with E-state index in [2.05, 4.69) is 41.9 Å². The van der Waals surface area contributed by atoms with Crippen LogP contribution in [0.3, 0.4) is 0 Å². The van der Waals surface area contributed by atoms with Gasteiger partial charge in [-0.15, -0.1) is 0 Å². The minimum atomic E-state index is -4.28. The molecule has 2 aromatic carbocycles. The van der Waals surface area contributed by atoms with Crippen molar-refractivity contribution in [2.24, 2.45) is 5.92 Å². The van der Waals surface area contributed by atoms with Crippen molar-refractivity contribution in [3.63, 3.8) is 0 Å². The Hall–Kier alpha value is -2.19. The number of halogens is 3. The van der Waals surface area contributed by atoms with Gasteiger partial charge in [0, 0.05) is 0 Å². The number of rotatable bonds is 5. The molecule has 3 heterocycles. The molecule has 5 rings (SSSR count). The van der Waals surface area contributed by atoms with Crippen LogP contribution in [0.4, 0.5) is 13.2 Å². The maximum absolute atomic E-state index is 13.0. The summed E-state index contributed by atoms with van der Waals surface area (Å²) in [6.45, 7) is 4.18. The van der Waals surface area contributed by atoms with E-state index in [0.717, 1.165) is 23.7 Å². The number of allylic oxidation sites excluding steroid dienone is 1. The number of pyridine rings is 1. The zero-order valence-corrected chi connectivity index (χ0v) is 18.4. The molecular weight excluding hydrogens is 414 g/mol. The summed E-state index contributed by atoms with van der Waals surface area (Å²) in [4.78, 5) is 4.51. The van der Waals surface area contributed by atoms with E-state index in [9.17, 15) is 13.2 Å². The van der Waals surface area contributed by atoms with Crippen molar-refractivity contribution in [1.82, 2.24) is 4.98 Å². The van der Waals surface area contributed by atoms with Gasteiger partial charge in [0.05, 0.1) is 0 Å². The number of benzene rings is 2. The topological polar surface area (TPSA) is 12.9 Å². The van der Waals surface area contributed by atoms with Crippen molar-refractivity contribution >= 4 is 18.2 Å². The van der Waals surface area contributed by atoms with Crippen LogP contribution in [0.5, 0.6) is 0 Å². The van der Waals surface area contributed by atoms with Gasteiger partial charge in [0.2, 0.25) is 0 Å². The van der Waals surface area contributed by atoms with E-state index in [4.69, 9.17) is 0 Å². The molecule has 0 saturated carbocycles. The van der Waals surface area contributed by atoms with E-state index < -0.39 is 19.0 Å². The molecule has 0 radical (unpaired) electrons. The fraction of sp³-hybridized carbons (Fsp3) is 0.346. The van der Waals surface area contributed by atoms with Gasteiger partial charge < -0.3 is 0 Å². The van der Waals surface area contributed by atoms with Crippen molar-refractivity contribution in [3.8, 4) is 0 Å². The van der Waals surface area contributed by atoms with Crippen molar-refractivity contribution in [2.45, 2.75) is 42.9 Å². The van der Waals surface area contributed by atoms with Crippen LogP contribution in [0, 0.1) is 5.92 Å². The van der Waals surface area contributed by atoms with Crippen LogP contribution in [0.2, 0.25) is 0 Å². The summed E-state index contributed by atoms with van der Waals surface area (Å²) in [7, 11) is -1.79. The van der Waals surface area contributed by atoms with Crippen LogP contribution in [-0.4, -0.2) is 22.5 Å². The second-order valence-corrected chi connectivity index (χ2v) is 14.1. The molecule has 1 aromatic heterocycles. The predicted molar refractivity (Wildman–Crippen MR) is 124 cm³/mol. The molecule has 3 unspecified atom stereocenters.